The second-order valence-electron chi connectivity index (χ2n) is 7.86. The minimum atomic E-state index is -0.264. The molecule has 0 aliphatic carbocycles. The van der Waals surface area contributed by atoms with E-state index in [2.05, 4.69) is 15.5 Å². The topological polar surface area (TPSA) is 64.7 Å². The molecular weight excluding hydrogens is 432 g/mol. The first kappa shape index (κ1) is 22.5. The summed E-state index contributed by atoms with van der Waals surface area (Å²) in [6, 6.07) is 25.3. The molecule has 1 aliphatic heterocycles. The molecule has 1 fully saturated rings. The molecule has 0 aromatic heterocycles. The lowest BCUT2D eigenvalue weighted by Gasteiger charge is -2.36. The van der Waals surface area contributed by atoms with E-state index in [-0.39, 0.29) is 16.9 Å². The van der Waals surface area contributed by atoms with Gasteiger partial charge in [0.05, 0.1) is 11.4 Å². The Bertz CT molecular complexity index is 1140. The lowest BCUT2D eigenvalue weighted by molar-refractivity contribution is -0.129. The number of benzene rings is 3. The Balaban J connectivity index is 1.38. The quantitative estimate of drug-likeness (QED) is 0.575. The number of carbonyl (C=O) groups is 2. The molecular formula is C26H26N4O2S. The fraction of sp³-hybridized carbons (Fsp3) is 0.192. The van der Waals surface area contributed by atoms with Crippen LogP contribution in [0.25, 0.3) is 11.1 Å². The number of nitrogens with one attached hydrogen (secondary N) is 2. The fourth-order valence-electron chi connectivity index (χ4n) is 3.89. The number of nitrogens with zero attached hydrogens (tertiary/aromatic N) is 2. The Morgan fingerprint density at radius 1 is 0.788 bits per heavy atom. The molecule has 4 rings (SSSR count). The molecule has 0 unspecified atom stereocenters. The largest absolute Gasteiger partial charge is 0.366 e. The number of hydrogen-bond acceptors (Lipinski definition) is 4. The van der Waals surface area contributed by atoms with Crippen LogP contribution in [-0.4, -0.2) is 48.0 Å². The maximum absolute atomic E-state index is 12.7. The molecule has 0 radical (unpaired) electrons. The predicted molar refractivity (Wildman–Crippen MR) is 136 cm³/mol. The highest BCUT2D eigenvalue weighted by molar-refractivity contribution is 7.80. The van der Waals surface area contributed by atoms with Crippen LogP contribution >= 0.6 is 12.2 Å². The van der Waals surface area contributed by atoms with Crippen molar-refractivity contribution in [2.45, 2.75) is 6.92 Å². The van der Waals surface area contributed by atoms with E-state index in [4.69, 9.17) is 12.2 Å². The Kier molecular flexibility index (Phi) is 7.00. The van der Waals surface area contributed by atoms with Gasteiger partial charge in [-0.05, 0) is 47.6 Å². The summed E-state index contributed by atoms with van der Waals surface area (Å²) < 4.78 is 0. The van der Waals surface area contributed by atoms with Crippen molar-refractivity contribution in [1.29, 1.82) is 0 Å². The second kappa shape index (κ2) is 10.3. The van der Waals surface area contributed by atoms with Gasteiger partial charge in [0.15, 0.2) is 5.11 Å². The summed E-state index contributed by atoms with van der Waals surface area (Å²) in [4.78, 5) is 28.4. The normalized spacial score (nSPS) is 13.4. The van der Waals surface area contributed by atoms with Crippen molar-refractivity contribution < 1.29 is 9.59 Å². The van der Waals surface area contributed by atoms with Crippen LogP contribution in [-0.2, 0) is 4.79 Å². The average molecular weight is 459 g/mol. The molecule has 0 bridgehead atoms. The van der Waals surface area contributed by atoms with Crippen LogP contribution in [0.1, 0.15) is 17.3 Å². The molecule has 7 heteroatoms. The Labute approximate surface area is 199 Å². The van der Waals surface area contributed by atoms with Gasteiger partial charge in [0, 0.05) is 38.7 Å². The molecule has 2 N–H and O–H groups in total. The first-order chi connectivity index (χ1) is 16.0. The smallest absolute Gasteiger partial charge is 0.257 e. The molecule has 2 amide bonds. The average Bonchev–Trinajstić information content (AvgIpc) is 2.85. The van der Waals surface area contributed by atoms with Gasteiger partial charge in [-0.2, -0.15) is 0 Å². The maximum atomic E-state index is 12.7. The number of anilines is 2. The Morgan fingerprint density at radius 2 is 1.39 bits per heavy atom. The highest BCUT2D eigenvalue weighted by Gasteiger charge is 2.21. The van der Waals surface area contributed by atoms with Gasteiger partial charge in [-0.1, -0.05) is 54.6 Å². The molecule has 6 nitrogen and oxygen atoms in total. The summed E-state index contributed by atoms with van der Waals surface area (Å²) in [5, 5.41) is 6.16. The van der Waals surface area contributed by atoms with Gasteiger partial charge in [-0.3, -0.25) is 14.9 Å². The fourth-order valence-corrected chi connectivity index (χ4v) is 4.09. The molecule has 0 atom stereocenters. The third-order valence-electron chi connectivity index (χ3n) is 5.70. The number of hydrogen-bond donors (Lipinski definition) is 2. The summed E-state index contributed by atoms with van der Waals surface area (Å²) in [7, 11) is 0. The Morgan fingerprint density at radius 3 is 2.06 bits per heavy atom. The third-order valence-corrected chi connectivity index (χ3v) is 5.90. The standard InChI is InChI=1S/C26H26N4O2S/c1-19(31)29-15-17-30(18-16-29)24-10-6-5-9-23(24)27-26(33)28-25(32)22-13-11-21(12-14-22)20-7-3-2-4-8-20/h2-14H,15-18H2,1H3,(H2,27,28,32,33). The molecule has 1 aliphatic rings. The van der Waals surface area contributed by atoms with Crippen molar-refractivity contribution >= 4 is 40.5 Å². The summed E-state index contributed by atoms with van der Waals surface area (Å²) >= 11 is 5.41. The molecule has 3 aromatic carbocycles. The van der Waals surface area contributed by atoms with Gasteiger partial charge in [-0.25, -0.2) is 0 Å². The van der Waals surface area contributed by atoms with Crippen molar-refractivity contribution in [2.24, 2.45) is 0 Å². The van der Waals surface area contributed by atoms with Crippen LogP contribution in [0.4, 0.5) is 11.4 Å². The first-order valence-electron chi connectivity index (χ1n) is 10.9. The predicted octanol–water partition coefficient (Wildman–Crippen LogP) is 4.15. The van der Waals surface area contributed by atoms with Crippen LogP contribution in [0, 0.1) is 0 Å². The van der Waals surface area contributed by atoms with E-state index >= 15 is 0 Å². The van der Waals surface area contributed by atoms with E-state index in [0.29, 0.717) is 18.7 Å². The van der Waals surface area contributed by atoms with Gasteiger partial charge >= 0.3 is 0 Å². The van der Waals surface area contributed by atoms with E-state index in [1.165, 1.54) is 0 Å². The number of rotatable bonds is 4. The van der Waals surface area contributed by atoms with Gasteiger partial charge in [0.25, 0.3) is 5.91 Å². The van der Waals surface area contributed by atoms with E-state index in [1.807, 2.05) is 71.6 Å². The summed E-state index contributed by atoms with van der Waals surface area (Å²) in [5.74, 6) is -0.165. The van der Waals surface area contributed by atoms with Crippen LogP contribution in [0.15, 0.2) is 78.9 Å². The van der Waals surface area contributed by atoms with Crippen molar-refractivity contribution in [3.05, 3.63) is 84.4 Å². The van der Waals surface area contributed by atoms with E-state index in [1.54, 1.807) is 19.1 Å². The molecule has 0 spiro atoms. The zero-order chi connectivity index (χ0) is 23.2. The number of para-hydroxylation sites is 2. The van der Waals surface area contributed by atoms with Gasteiger partial charge in [0.1, 0.15) is 0 Å². The van der Waals surface area contributed by atoms with E-state index in [0.717, 1.165) is 35.6 Å². The van der Waals surface area contributed by atoms with Crippen LogP contribution in [0.5, 0.6) is 0 Å². The molecule has 1 heterocycles. The van der Waals surface area contributed by atoms with Crippen molar-refractivity contribution in [3.63, 3.8) is 0 Å². The third kappa shape index (κ3) is 5.56. The van der Waals surface area contributed by atoms with Crippen LogP contribution in [0.3, 0.4) is 0 Å². The SMILES string of the molecule is CC(=O)N1CCN(c2ccccc2NC(=S)NC(=O)c2ccc(-c3ccccc3)cc2)CC1. The van der Waals surface area contributed by atoms with E-state index < -0.39 is 0 Å². The lowest BCUT2D eigenvalue weighted by Crippen LogP contribution is -2.48. The summed E-state index contributed by atoms with van der Waals surface area (Å²) in [6.45, 7) is 4.45. The summed E-state index contributed by atoms with van der Waals surface area (Å²) in [6.07, 6.45) is 0. The Hall–Kier alpha value is -3.71. The van der Waals surface area contributed by atoms with Crippen LogP contribution < -0.4 is 15.5 Å². The number of carbonyl (C=O) groups excluding carboxylic acids is 2. The van der Waals surface area contributed by atoms with Crippen molar-refractivity contribution in [3.8, 4) is 11.1 Å². The highest BCUT2D eigenvalue weighted by atomic mass is 32.1. The van der Waals surface area contributed by atoms with Gasteiger partial charge in [0.2, 0.25) is 5.91 Å². The molecule has 3 aromatic rings. The van der Waals surface area contributed by atoms with Gasteiger partial charge in [-0.15, -0.1) is 0 Å². The number of piperazine rings is 1. The van der Waals surface area contributed by atoms with Gasteiger partial charge < -0.3 is 15.1 Å². The summed E-state index contributed by atoms with van der Waals surface area (Å²) in [5.41, 5.74) is 4.49. The first-order valence-corrected chi connectivity index (χ1v) is 11.3. The molecule has 0 saturated carbocycles. The number of thiocarbonyl (C=S) groups is 1. The minimum Gasteiger partial charge on any atom is -0.366 e. The van der Waals surface area contributed by atoms with E-state index in [9.17, 15) is 9.59 Å². The molecule has 33 heavy (non-hydrogen) atoms. The van der Waals surface area contributed by atoms with Crippen molar-refractivity contribution in [1.82, 2.24) is 10.2 Å². The molecule has 168 valence electrons. The molecule has 1 saturated heterocycles. The second-order valence-corrected chi connectivity index (χ2v) is 8.27. The van der Waals surface area contributed by atoms with Crippen LogP contribution in [0.2, 0.25) is 0 Å². The lowest BCUT2D eigenvalue weighted by atomic mass is 10.0. The van der Waals surface area contributed by atoms with Crippen molar-refractivity contribution in [2.75, 3.05) is 36.4 Å². The zero-order valence-corrected chi connectivity index (χ0v) is 19.3. The zero-order valence-electron chi connectivity index (χ0n) is 18.5. The number of amides is 2. The monoisotopic (exact) mass is 458 g/mol. The minimum absolute atomic E-state index is 0.0988. The highest BCUT2D eigenvalue weighted by Crippen LogP contribution is 2.26. The maximum Gasteiger partial charge on any atom is 0.257 e.